The van der Waals surface area contributed by atoms with E-state index in [0.29, 0.717) is 6.42 Å². The molecule has 0 fully saturated rings. The van der Waals surface area contributed by atoms with Crippen molar-refractivity contribution in [2.24, 2.45) is 0 Å². The van der Waals surface area contributed by atoms with Gasteiger partial charge in [0.2, 0.25) is 0 Å². The average molecular weight is 350 g/mol. The van der Waals surface area contributed by atoms with Crippen molar-refractivity contribution in [3.63, 3.8) is 0 Å². The van der Waals surface area contributed by atoms with Crippen molar-refractivity contribution in [3.8, 4) is 6.07 Å². The zero-order valence-electron chi connectivity index (χ0n) is 5.40. The van der Waals surface area contributed by atoms with Crippen molar-refractivity contribution < 1.29 is 31.9 Å². The molecule has 0 atom stereocenters. The summed E-state index contributed by atoms with van der Waals surface area (Å²) in [5, 5.41) is 14.0. The molecule has 10 heavy (non-hydrogen) atoms. The quantitative estimate of drug-likeness (QED) is 0.413. The van der Waals surface area contributed by atoms with Crippen molar-refractivity contribution >= 4 is 19.8 Å². The van der Waals surface area contributed by atoms with Gasteiger partial charge < -0.3 is 18.8 Å². The molecule has 0 saturated carbocycles. The fourth-order valence-electron chi connectivity index (χ4n) is 0.0791. The first-order valence-electron chi connectivity index (χ1n) is 2.07. The topological polar surface area (TPSA) is 47.6 Å². The van der Waals surface area contributed by atoms with Crippen molar-refractivity contribution in [2.45, 2.75) is 12.8 Å². The molecule has 5 heteroatoms. The molecule has 2 nitrogen and oxygen atoms in total. The summed E-state index contributed by atoms with van der Waals surface area (Å²) in [6.45, 7) is 8.20. The monoisotopic (exact) mass is 348 g/mol. The molecule has 0 bridgehead atoms. The van der Waals surface area contributed by atoms with E-state index in [-0.39, 0.29) is 17.1 Å². The van der Waals surface area contributed by atoms with E-state index in [0.717, 1.165) is 6.42 Å². The Kier molecular flexibility index (Phi) is 117. The van der Waals surface area contributed by atoms with Crippen LogP contribution >= 0.6 is 19.8 Å². The number of rotatable bonds is 1. The Labute approximate surface area is 93.7 Å². The standard InChI is InChI=1S/C4H6N.CN.Cu.HI.Zn/c1-2-3-4-5;1-2;;;/h1-3H2;;;1H;/q2*-1;+1;;+2/p-1. The normalized spacial score (nSPS) is 4.10. The zero-order chi connectivity index (χ0) is 8.12. The summed E-state index contributed by atoms with van der Waals surface area (Å²) in [5.41, 5.74) is 0. The van der Waals surface area contributed by atoms with E-state index >= 15 is 0 Å². The fraction of sp³-hybridized carbons (Fsp3) is 0.400. The van der Waals surface area contributed by atoms with Gasteiger partial charge in [-0.3, -0.25) is 0 Å². The summed E-state index contributed by atoms with van der Waals surface area (Å²) in [7, 11) is 0. The summed E-state index contributed by atoms with van der Waals surface area (Å²) >= 11 is 3.62. The molecule has 0 saturated heterocycles. The molecule has 0 spiro atoms. The summed E-state index contributed by atoms with van der Waals surface area (Å²) in [5.74, 6) is 0. The molecule has 0 aromatic carbocycles. The van der Waals surface area contributed by atoms with E-state index in [4.69, 9.17) is 17.1 Å². The molecule has 0 radical (unpaired) electrons. The average Bonchev–Trinajstić information content (AvgIpc) is 1.98. The molecule has 0 rings (SSSR count). The van der Waals surface area contributed by atoms with Crippen LogP contribution in [-0.2, 0) is 31.9 Å². The molecular weight excluding hydrogens is 344 g/mol. The third-order valence-corrected chi connectivity index (χ3v) is 0.289. The Bertz CT molecular complexity index is 81.5. The van der Waals surface area contributed by atoms with E-state index < -0.39 is 0 Å². The van der Waals surface area contributed by atoms with E-state index in [9.17, 15) is 0 Å². The number of hydrogen-bond donors (Lipinski definition) is 0. The van der Waals surface area contributed by atoms with Gasteiger partial charge in [0.15, 0.2) is 0 Å². The van der Waals surface area contributed by atoms with Crippen LogP contribution in [0.1, 0.15) is 12.8 Å². The van der Waals surface area contributed by atoms with Gasteiger partial charge in [0.1, 0.15) is 0 Å². The predicted molar refractivity (Wildman–Crippen MR) is 39.2 cm³/mol. The molecule has 0 N–H and O–H groups in total. The molecule has 0 aliphatic rings. The Morgan fingerprint density at radius 1 is 1.50 bits per heavy atom. The first-order valence-corrected chi connectivity index (χ1v) is 11.1. The molecule has 0 aromatic heterocycles. The molecular formula is C5H6CuIN2Zn. The van der Waals surface area contributed by atoms with Crippen LogP contribution in [0.25, 0.3) is 0 Å². The van der Waals surface area contributed by atoms with Crippen LogP contribution in [-0.4, -0.2) is 0 Å². The first-order chi connectivity index (χ1) is 4.41. The summed E-state index contributed by atoms with van der Waals surface area (Å²) < 4.78 is 0. The SMILES string of the molecule is [C-]#N.[CH2-]CCC#N.[Cu+].[Zn+][I]. The molecule has 0 aliphatic heterocycles. The number of nitriles is 1. The third-order valence-electron chi connectivity index (χ3n) is 0.289. The van der Waals surface area contributed by atoms with Crippen LogP contribution < -0.4 is 0 Å². The van der Waals surface area contributed by atoms with E-state index in [1.807, 2.05) is 6.07 Å². The molecule has 0 heterocycles. The second-order valence-electron chi connectivity index (χ2n) is 0.762. The minimum atomic E-state index is 0. The summed E-state index contributed by atoms with van der Waals surface area (Å²) in [6.07, 6.45) is 1.32. The van der Waals surface area contributed by atoms with Gasteiger partial charge in [0.05, 0.1) is 6.07 Å². The minimum absolute atomic E-state index is 0. The predicted octanol–water partition coefficient (Wildman–Crippen LogP) is 2.10. The van der Waals surface area contributed by atoms with E-state index in [1.54, 1.807) is 0 Å². The number of unbranched alkanes of at least 4 members (excludes halogenated alkanes) is 1. The number of hydrogen-bond acceptors (Lipinski definition) is 2. The van der Waals surface area contributed by atoms with Gasteiger partial charge in [-0.05, 0) is 0 Å². The van der Waals surface area contributed by atoms with Crippen molar-refractivity contribution in [2.75, 3.05) is 0 Å². The van der Waals surface area contributed by atoms with Gasteiger partial charge in [-0.1, -0.05) is 0 Å². The Hall–Kier alpha value is 0.853. The summed E-state index contributed by atoms with van der Waals surface area (Å²) in [4.78, 5) is 0. The zero-order valence-corrected chi connectivity index (χ0v) is 11.5. The number of halogens is 1. The van der Waals surface area contributed by atoms with Gasteiger partial charge in [0.25, 0.3) is 0 Å². The second-order valence-corrected chi connectivity index (χ2v) is 0.762. The second kappa shape index (κ2) is 52.0. The van der Waals surface area contributed by atoms with E-state index in [1.165, 1.54) is 14.8 Å². The molecule has 0 aliphatic carbocycles. The van der Waals surface area contributed by atoms with E-state index in [2.05, 4.69) is 26.7 Å². The van der Waals surface area contributed by atoms with Gasteiger partial charge in [0, 0.05) is 6.42 Å². The van der Waals surface area contributed by atoms with Crippen LogP contribution in [0.4, 0.5) is 0 Å². The van der Waals surface area contributed by atoms with Crippen molar-refractivity contribution in [3.05, 3.63) is 13.5 Å². The van der Waals surface area contributed by atoms with Crippen LogP contribution in [0.15, 0.2) is 0 Å². The van der Waals surface area contributed by atoms with Crippen LogP contribution in [0.5, 0.6) is 0 Å². The maximum atomic E-state index is 7.78. The third kappa shape index (κ3) is 67.1. The molecule has 0 amide bonds. The van der Waals surface area contributed by atoms with Crippen LogP contribution in [0.3, 0.4) is 0 Å². The Balaban J connectivity index is -0.0000000315. The first kappa shape index (κ1) is 22.4. The molecule has 0 aromatic rings. The van der Waals surface area contributed by atoms with Gasteiger partial charge in [-0.25, -0.2) is 0 Å². The Morgan fingerprint density at radius 3 is 1.80 bits per heavy atom. The van der Waals surface area contributed by atoms with Gasteiger partial charge in [-0.2, -0.15) is 11.7 Å². The fourth-order valence-corrected chi connectivity index (χ4v) is 0.0791. The van der Waals surface area contributed by atoms with Gasteiger partial charge >= 0.3 is 51.6 Å². The Morgan fingerprint density at radius 2 is 1.80 bits per heavy atom. The van der Waals surface area contributed by atoms with Crippen molar-refractivity contribution in [1.29, 1.82) is 10.5 Å². The maximum absolute atomic E-state index is 7.78. The van der Waals surface area contributed by atoms with Gasteiger partial charge in [-0.15, -0.1) is 0 Å². The number of nitrogens with zero attached hydrogens (tertiary/aromatic N) is 2. The van der Waals surface area contributed by atoms with Crippen LogP contribution in [0.2, 0.25) is 0 Å². The summed E-state index contributed by atoms with van der Waals surface area (Å²) in [6, 6.07) is 1.95. The molecule has 0 unspecified atom stereocenters. The van der Waals surface area contributed by atoms with Crippen LogP contribution in [0, 0.1) is 30.1 Å². The molecule has 56 valence electrons. The van der Waals surface area contributed by atoms with Crippen molar-refractivity contribution in [1.82, 2.24) is 0 Å².